The normalized spacial score (nSPS) is 20.0. The predicted octanol–water partition coefficient (Wildman–Crippen LogP) is 5.17. The average Bonchev–Trinajstić information content (AvgIpc) is 2.95. The van der Waals surface area contributed by atoms with Crippen LogP contribution in [-0.4, -0.2) is 71.8 Å². The molecule has 0 amide bonds. The Labute approximate surface area is 240 Å². The molecule has 10 heteroatoms. The van der Waals surface area contributed by atoms with Gasteiger partial charge in [0, 0.05) is 67.0 Å². The molecule has 1 N–H and O–H groups in total. The molecule has 2 aliphatic rings. The second kappa shape index (κ2) is 12.7. The molecular weight excluding hydrogens is 528 g/mol. The first-order valence-corrected chi connectivity index (χ1v) is 14.5. The summed E-state index contributed by atoms with van der Waals surface area (Å²) in [5.74, 6) is 1.51. The van der Waals surface area contributed by atoms with E-state index in [4.69, 9.17) is 26.1 Å². The van der Waals surface area contributed by atoms with Gasteiger partial charge in [-0.2, -0.15) is 4.98 Å². The minimum Gasteiger partial charge on any atom is -0.484 e. The first-order valence-electron chi connectivity index (χ1n) is 14.1. The lowest BCUT2D eigenvalue weighted by Crippen LogP contribution is -2.36. The highest BCUT2D eigenvalue weighted by atomic mass is 35.5. The van der Waals surface area contributed by atoms with Gasteiger partial charge < -0.3 is 19.7 Å². The lowest BCUT2D eigenvalue weighted by molar-refractivity contribution is 0.0903. The summed E-state index contributed by atoms with van der Waals surface area (Å²) in [5.41, 5.74) is 2.75. The zero-order valence-corrected chi connectivity index (χ0v) is 24.6. The fourth-order valence-corrected chi connectivity index (χ4v) is 6.00. The summed E-state index contributed by atoms with van der Waals surface area (Å²) >= 11 is 6.81. The van der Waals surface area contributed by atoms with Crippen molar-refractivity contribution in [1.29, 1.82) is 0 Å². The number of fused-ring (bicyclic) bond motifs is 1. The molecule has 1 aromatic carbocycles. The number of nitrogens with one attached hydrogen (secondary N) is 1. The summed E-state index contributed by atoms with van der Waals surface area (Å²) < 4.78 is 12.5. The van der Waals surface area contributed by atoms with Crippen LogP contribution in [0.2, 0.25) is 5.02 Å². The number of aromatic nitrogens is 3. The molecule has 9 nitrogen and oxygen atoms in total. The van der Waals surface area contributed by atoms with Gasteiger partial charge in [0.25, 0.3) is 5.56 Å². The first-order chi connectivity index (χ1) is 19.3. The average molecular weight is 567 g/mol. The molecule has 5 rings (SSSR count). The lowest BCUT2D eigenvalue weighted by Gasteiger charge is -2.30. The molecule has 0 bridgehead atoms. The second-order valence-electron chi connectivity index (χ2n) is 11.0. The third-order valence-electron chi connectivity index (χ3n) is 7.98. The molecule has 0 saturated carbocycles. The summed E-state index contributed by atoms with van der Waals surface area (Å²) in [6.07, 6.45) is 5.82. The largest absolute Gasteiger partial charge is 0.484 e. The van der Waals surface area contributed by atoms with Crippen molar-refractivity contribution in [2.75, 3.05) is 45.8 Å². The van der Waals surface area contributed by atoms with E-state index in [1.54, 1.807) is 7.11 Å². The van der Waals surface area contributed by atoms with Crippen LogP contribution >= 0.6 is 11.6 Å². The molecule has 0 radical (unpaired) electrons. The number of ether oxygens (including phenoxy) is 2. The molecular formula is C30H39ClN6O3. The van der Waals surface area contributed by atoms with Gasteiger partial charge in [0.1, 0.15) is 5.65 Å². The van der Waals surface area contributed by atoms with Crippen molar-refractivity contribution in [2.45, 2.75) is 58.2 Å². The first kappa shape index (κ1) is 28.5. The number of piperidine rings is 1. The maximum atomic E-state index is 14.2. The van der Waals surface area contributed by atoms with E-state index in [2.05, 4.69) is 27.2 Å². The molecule has 2 aliphatic heterocycles. The van der Waals surface area contributed by atoms with Crippen LogP contribution in [0.25, 0.3) is 22.2 Å². The number of hydrogen-bond acceptors (Lipinski definition) is 8. The molecule has 4 heterocycles. The number of methoxy groups -OCH3 is 1. The zero-order valence-electron chi connectivity index (χ0n) is 23.8. The molecule has 2 aromatic heterocycles. The van der Waals surface area contributed by atoms with E-state index >= 15 is 0 Å². The monoisotopic (exact) mass is 566 g/mol. The van der Waals surface area contributed by atoms with E-state index in [-0.39, 0.29) is 17.6 Å². The van der Waals surface area contributed by atoms with Crippen molar-refractivity contribution < 1.29 is 9.47 Å². The van der Waals surface area contributed by atoms with Crippen LogP contribution in [0.5, 0.6) is 0 Å². The Morgan fingerprint density at radius 3 is 2.77 bits per heavy atom. The van der Waals surface area contributed by atoms with E-state index < -0.39 is 0 Å². The highest BCUT2D eigenvalue weighted by Gasteiger charge is 2.23. The highest BCUT2D eigenvalue weighted by molar-refractivity contribution is 6.33. The Balaban J connectivity index is 1.55. The van der Waals surface area contributed by atoms with Crippen molar-refractivity contribution in [3.05, 3.63) is 51.4 Å². The van der Waals surface area contributed by atoms with Gasteiger partial charge in [-0.15, -0.1) is 0 Å². The third-order valence-corrected chi connectivity index (χ3v) is 8.29. The van der Waals surface area contributed by atoms with Gasteiger partial charge in [-0.1, -0.05) is 23.7 Å². The predicted molar refractivity (Wildman–Crippen MR) is 160 cm³/mol. The molecule has 2 unspecified atom stereocenters. The number of anilines is 1. The Kier molecular flexibility index (Phi) is 9.03. The highest BCUT2D eigenvalue weighted by Crippen LogP contribution is 2.32. The summed E-state index contributed by atoms with van der Waals surface area (Å²) in [6, 6.07) is 7.77. The Morgan fingerprint density at radius 2 is 2.05 bits per heavy atom. The number of hydrogen-bond donors (Lipinski definition) is 1. The van der Waals surface area contributed by atoms with Crippen molar-refractivity contribution in [2.24, 2.45) is 10.9 Å². The quantitative estimate of drug-likeness (QED) is 0.311. The van der Waals surface area contributed by atoms with Crippen molar-refractivity contribution in [1.82, 2.24) is 19.4 Å². The van der Waals surface area contributed by atoms with Crippen LogP contribution in [0.3, 0.4) is 0 Å². The van der Waals surface area contributed by atoms with Crippen LogP contribution in [0.1, 0.15) is 51.1 Å². The molecule has 2 saturated heterocycles. The van der Waals surface area contributed by atoms with Crippen LogP contribution in [0, 0.1) is 5.92 Å². The smallest absolute Gasteiger partial charge is 0.260 e. The molecule has 40 heavy (non-hydrogen) atoms. The summed E-state index contributed by atoms with van der Waals surface area (Å²) in [4.78, 5) is 30.5. The SMILES string of the molecule is CO/C(C)=N\C(C)c1ccc(-c2cc3cnc(NC4CCOCC4)nc3n(CC3CCCN(C)C3)c2=O)c(Cl)c1. The minimum atomic E-state index is -0.127. The van der Waals surface area contributed by atoms with E-state index in [1.165, 1.54) is 0 Å². The molecule has 2 fully saturated rings. The number of benzene rings is 1. The van der Waals surface area contributed by atoms with Gasteiger partial charge in [-0.3, -0.25) is 9.36 Å². The third kappa shape index (κ3) is 6.48. The van der Waals surface area contributed by atoms with E-state index in [0.29, 0.717) is 46.1 Å². The van der Waals surface area contributed by atoms with Gasteiger partial charge in [-0.05, 0) is 69.8 Å². The van der Waals surface area contributed by atoms with Crippen LogP contribution in [0.15, 0.2) is 40.2 Å². The van der Waals surface area contributed by atoms with Crippen molar-refractivity contribution >= 4 is 34.5 Å². The summed E-state index contributed by atoms with van der Waals surface area (Å²) in [5, 5.41) is 4.77. The van der Waals surface area contributed by atoms with Gasteiger partial charge >= 0.3 is 0 Å². The van der Waals surface area contributed by atoms with Crippen LogP contribution in [-0.2, 0) is 16.0 Å². The number of nitrogens with zero attached hydrogens (tertiary/aromatic N) is 5. The number of likely N-dealkylation sites (tertiary alicyclic amines) is 1. The van der Waals surface area contributed by atoms with Crippen LogP contribution < -0.4 is 10.9 Å². The van der Waals surface area contributed by atoms with Gasteiger partial charge in [0.15, 0.2) is 5.90 Å². The molecule has 214 valence electrons. The Hall–Kier alpha value is -3.01. The number of pyridine rings is 1. The van der Waals surface area contributed by atoms with E-state index in [9.17, 15) is 4.79 Å². The molecule has 0 spiro atoms. The Bertz CT molecular complexity index is 1430. The van der Waals surface area contributed by atoms with Gasteiger partial charge in [0.2, 0.25) is 5.95 Å². The molecule has 3 aromatic rings. The van der Waals surface area contributed by atoms with Crippen LogP contribution in [0.4, 0.5) is 5.95 Å². The van der Waals surface area contributed by atoms with E-state index in [1.807, 2.05) is 48.9 Å². The fourth-order valence-electron chi connectivity index (χ4n) is 5.71. The fraction of sp³-hybridized carbons (Fsp3) is 0.533. The molecule has 2 atom stereocenters. The van der Waals surface area contributed by atoms with Gasteiger partial charge in [-0.25, -0.2) is 9.98 Å². The molecule has 0 aliphatic carbocycles. The maximum Gasteiger partial charge on any atom is 0.260 e. The van der Waals surface area contributed by atoms with Crippen molar-refractivity contribution in [3.8, 4) is 11.1 Å². The maximum absolute atomic E-state index is 14.2. The lowest BCUT2D eigenvalue weighted by atomic mass is 9.97. The number of halogens is 1. The minimum absolute atomic E-state index is 0.0904. The summed E-state index contributed by atoms with van der Waals surface area (Å²) in [6.45, 7) is 7.89. The zero-order chi connectivity index (χ0) is 28.2. The standard InChI is InChI=1S/C30H39ClN6O3/c1-19(33-20(2)39-4)22-7-8-25(27(31)15-22)26-14-23-16-32-30(34-24-9-12-40-13-10-24)35-28(23)37(29(26)38)18-21-6-5-11-36(3)17-21/h7-8,14-16,19,21,24H,5-6,9-13,17-18H2,1-4H3,(H,32,34,35)/b33-20-. The Morgan fingerprint density at radius 1 is 1.25 bits per heavy atom. The van der Waals surface area contributed by atoms with Gasteiger partial charge in [0.05, 0.1) is 13.2 Å². The summed E-state index contributed by atoms with van der Waals surface area (Å²) in [7, 11) is 3.74. The number of rotatable bonds is 7. The van der Waals surface area contributed by atoms with Crippen molar-refractivity contribution in [3.63, 3.8) is 0 Å². The van der Waals surface area contributed by atoms with E-state index in [0.717, 1.165) is 62.9 Å². The topological polar surface area (TPSA) is 93.9 Å². The number of aliphatic imine (C=N–C) groups is 1. The second-order valence-corrected chi connectivity index (χ2v) is 11.4.